The van der Waals surface area contributed by atoms with Crippen LogP contribution in [0.1, 0.15) is 30.5 Å². The molecular weight excluding hydrogens is 123 g/mol. The van der Waals surface area contributed by atoms with E-state index in [4.69, 9.17) is 0 Å². The van der Waals surface area contributed by atoms with E-state index < -0.39 is 0 Å². The summed E-state index contributed by atoms with van der Waals surface area (Å²) in [7, 11) is 0. The fourth-order valence-electron chi connectivity index (χ4n) is 0.763. The number of hydrogen-bond donors (Lipinski definition) is 0. The second kappa shape index (κ2) is 5.33. The lowest BCUT2D eigenvalue weighted by molar-refractivity contribution is 0.700. The van der Waals surface area contributed by atoms with Gasteiger partial charge in [-0.05, 0) is 11.8 Å². The number of hydrogen-bond acceptors (Lipinski definition) is 0. The van der Waals surface area contributed by atoms with Gasteiger partial charge in [-0.1, -0.05) is 27.7 Å². The number of rotatable bonds is 4. The second-order valence-electron chi connectivity index (χ2n) is 3.55. The molecule has 0 N–H and O–H groups in total. The van der Waals surface area contributed by atoms with Crippen molar-refractivity contribution < 1.29 is 2.85 Å². The monoisotopic (exact) mass is 143 g/mol. The van der Waals surface area contributed by atoms with E-state index in [0.717, 1.165) is 27.1 Å². The molecule has 0 saturated heterocycles. The normalized spacial score (nSPS) is 11.3. The molecule has 0 aliphatic rings. The molecule has 55 valence electrons. The largest absolute Gasteiger partial charge is 1.24 e. The minimum absolute atomic E-state index is 0. The lowest BCUT2D eigenvalue weighted by Crippen LogP contribution is -1.99. The molecule has 0 aliphatic heterocycles. The van der Waals surface area contributed by atoms with Gasteiger partial charge in [0.05, 0.1) is 0 Å². The molecule has 0 amide bonds. The summed E-state index contributed by atoms with van der Waals surface area (Å²) in [4.78, 5) is 0. The van der Waals surface area contributed by atoms with Gasteiger partial charge in [-0.3, -0.25) is 0 Å². The molecule has 0 aromatic rings. The van der Waals surface area contributed by atoms with Gasteiger partial charge >= 0.3 is 15.2 Å². The van der Waals surface area contributed by atoms with Crippen LogP contribution in [0.5, 0.6) is 0 Å². The molecule has 0 atom stereocenters. The summed E-state index contributed by atoms with van der Waals surface area (Å²) >= 11 is 0.755. The Morgan fingerprint density at radius 3 is 1.56 bits per heavy atom. The Hall–Kier alpha value is 0.532. The first kappa shape index (κ1) is 9.53. The predicted octanol–water partition coefficient (Wildman–Crippen LogP) is 3.06. The Kier molecular flexibility index (Phi) is 5.64. The molecule has 0 bridgehead atoms. The van der Waals surface area contributed by atoms with Crippen LogP contribution < -0.4 is 0 Å². The van der Waals surface area contributed by atoms with Crippen LogP contribution in [0.15, 0.2) is 0 Å². The molecule has 0 heterocycles. The van der Waals surface area contributed by atoms with E-state index in [-0.39, 0.29) is 2.85 Å². The van der Waals surface area contributed by atoms with Crippen molar-refractivity contribution in [1.29, 1.82) is 0 Å². The van der Waals surface area contributed by atoms with Crippen LogP contribution in [0.3, 0.4) is 0 Å². The fourth-order valence-corrected chi connectivity index (χ4v) is 2.29. The minimum atomic E-state index is 0. The van der Waals surface area contributed by atoms with Crippen molar-refractivity contribution in [3.8, 4) is 0 Å². The first-order valence-electron chi connectivity index (χ1n) is 3.94. The topological polar surface area (TPSA) is 0 Å². The maximum Gasteiger partial charge on any atom is 1.24 e. The maximum atomic E-state index is 2.31. The van der Waals surface area contributed by atoms with Gasteiger partial charge in [0.1, 0.15) is 0 Å². The van der Waals surface area contributed by atoms with Crippen LogP contribution in [-0.4, -0.2) is 15.2 Å². The summed E-state index contributed by atoms with van der Waals surface area (Å²) in [6.07, 6.45) is 0. The summed E-state index contributed by atoms with van der Waals surface area (Å²) in [5.74, 6) is 1.86. The maximum absolute atomic E-state index is 2.31. The van der Waals surface area contributed by atoms with Crippen molar-refractivity contribution in [3.05, 3.63) is 0 Å². The Morgan fingerprint density at radius 2 is 1.33 bits per heavy atom. The molecule has 0 nitrogen and oxygen atoms in total. The highest BCUT2D eigenvalue weighted by molar-refractivity contribution is 6.35. The van der Waals surface area contributed by atoms with Gasteiger partial charge in [-0.2, -0.15) is 0 Å². The molecule has 1 heteroatoms. The molecule has 0 rings (SSSR count). The highest BCUT2D eigenvalue weighted by atomic mass is 27.1. The van der Waals surface area contributed by atoms with Gasteiger partial charge in [-0.15, -0.1) is 0 Å². The third kappa shape index (κ3) is 8.53. The molecular formula is C8H20Al. The highest BCUT2D eigenvalue weighted by Crippen LogP contribution is 2.05. The molecule has 0 aromatic heterocycles. The van der Waals surface area contributed by atoms with Crippen molar-refractivity contribution >= 4 is 15.2 Å². The van der Waals surface area contributed by atoms with Crippen LogP contribution in [0.2, 0.25) is 10.6 Å². The highest BCUT2D eigenvalue weighted by Gasteiger charge is 2.44. The van der Waals surface area contributed by atoms with E-state index >= 15 is 0 Å². The van der Waals surface area contributed by atoms with E-state index in [1.807, 2.05) is 0 Å². The van der Waals surface area contributed by atoms with Gasteiger partial charge in [0.2, 0.25) is 0 Å². The van der Waals surface area contributed by atoms with Crippen LogP contribution >= 0.6 is 0 Å². The Labute approximate surface area is 68.7 Å². The van der Waals surface area contributed by atoms with Crippen LogP contribution in [0.25, 0.3) is 0 Å². The van der Waals surface area contributed by atoms with E-state index in [2.05, 4.69) is 27.7 Å². The molecule has 0 saturated carbocycles. The molecule has 5 radical (unpaired) electrons. The second-order valence-corrected chi connectivity index (χ2v) is 5.07. The Bertz CT molecular complexity index is 57.1. The third-order valence-electron chi connectivity index (χ3n) is 1.28. The molecule has 0 aromatic carbocycles. The average molecular weight is 143 g/mol. The van der Waals surface area contributed by atoms with E-state index in [1.165, 1.54) is 10.6 Å². The van der Waals surface area contributed by atoms with Gasteiger partial charge in [-0.25, -0.2) is 0 Å². The Morgan fingerprint density at radius 1 is 1.00 bits per heavy atom. The minimum Gasteiger partial charge on any atom is -1.00 e. The lowest BCUT2D eigenvalue weighted by Gasteiger charge is -1.85. The zero-order valence-corrected chi connectivity index (χ0v) is 8.30. The lowest BCUT2D eigenvalue weighted by atomic mass is 10.3. The van der Waals surface area contributed by atoms with E-state index in [1.54, 1.807) is 0 Å². The Balaban J connectivity index is -0.000000320. The summed E-state index contributed by atoms with van der Waals surface area (Å²) < 4.78 is 0. The van der Waals surface area contributed by atoms with Crippen LogP contribution in [-0.2, 0) is 0 Å². The average Bonchev–Trinajstić information content (AvgIpc) is 1.63. The van der Waals surface area contributed by atoms with Gasteiger partial charge < -0.3 is 2.85 Å². The quantitative estimate of drug-likeness (QED) is 0.530. The third-order valence-corrected chi connectivity index (χ3v) is 3.83. The molecule has 0 spiro atoms. The van der Waals surface area contributed by atoms with E-state index in [9.17, 15) is 0 Å². The first-order chi connectivity index (χ1) is 4.13. The van der Waals surface area contributed by atoms with Crippen molar-refractivity contribution in [1.82, 2.24) is 0 Å². The first-order valence-corrected chi connectivity index (χ1v) is 5.58. The van der Waals surface area contributed by atoms with Crippen molar-refractivity contribution in [2.75, 3.05) is 0 Å². The summed E-state index contributed by atoms with van der Waals surface area (Å²) in [5.41, 5.74) is 0. The summed E-state index contributed by atoms with van der Waals surface area (Å²) in [5, 5.41) is 2.97. The van der Waals surface area contributed by atoms with Crippen molar-refractivity contribution in [3.63, 3.8) is 0 Å². The standard InChI is InChI=1S/2C4H9.Al.2H/c2*1-4(2)3;;;/h2*4H,1H2,2-3H3;;;/q;;+2;2*-1. The summed E-state index contributed by atoms with van der Waals surface area (Å²) in [6.45, 7) is 9.25. The molecule has 0 unspecified atom stereocenters. The smallest absolute Gasteiger partial charge is 1.00 e. The SMILES string of the molecule is CC(C)[CH2][Al+2][CH2]C(C)C.[H-].[H-]. The van der Waals surface area contributed by atoms with Gasteiger partial charge in [0, 0.05) is 0 Å². The van der Waals surface area contributed by atoms with Gasteiger partial charge in [0.25, 0.3) is 0 Å². The predicted molar refractivity (Wildman–Crippen MR) is 47.3 cm³/mol. The van der Waals surface area contributed by atoms with Crippen LogP contribution in [0.4, 0.5) is 0 Å². The molecule has 9 heavy (non-hydrogen) atoms. The fraction of sp³-hybridized carbons (Fsp3) is 1.00. The summed E-state index contributed by atoms with van der Waals surface area (Å²) in [6, 6.07) is 0. The van der Waals surface area contributed by atoms with Crippen molar-refractivity contribution in [2.24, 2.45) is 11.8 Å². The van der Waals surface area contributed by atoms with Crippen molar-refractivity contribution in [2.45, 2.75) is 38.3 Å². The zero-order chi connectivity index (χ0) is 7.28. The molecule has 0 aliphatic carbocycles. The molecule has 0 fully saturated rings. The zero-order valence-electron chi connectivity index (χ0n) is 9.15. The van der Waals surface area contributed by atoms with Crippen LogP contribution in [0, 0.1) is 11.8 Å². The van der Waals surface area contributed by atoms with E-state index in [0.29, 0.717) is 0 Å². The van der Waals surface area contributed by atoms with Gasteiger partial charge in [0.15, 0.2) is 10.6 Å².